The Morgan fingerprint density at radius 1 is 1.38 bits per heavy atom. The zero-order chi connectivity index (χ0) is 11.4. The van der Waals surface area contributed by atoms with Gasteiger partial charge in [0.05, 0.1) is 6.61 Å². The van der Waals surface area contributed by atoms with Crippen molar-refractivity contribution in [2.24, 2.45) is 0 Å². The maximum absolute atomic E-state index is 12.1. The van der Waals surface area contributed by atoms with Gasteiger partial charge in [-0.3, -0.25) is 4.79 Å². The first kappa shape index (κ1) is 11.3. The molecule has 1 aliphatic rings. The number of benzene rings is 1. The standard InChI is InChI=1S/C13H16O3/c14-9-10-5-1-2-6-11(10)13(15)12-7-3-4-8-16-12/h1-2,5-6,12,14H,3-4,7-9H2. The predicted molar refractivity (Wildman–Crippen MR) is 60.3 cm³/mol. The van der Waals surface area contributed by atoms with Crippen LogP contribution < -0.4 is 0 Å². The van der Waals surface area contributed by atoms with Gasteiger partial charge >= 0.3 is 0 Å². The van der Waals surface area contributed by atoms with Gasteiger partial charge in [0, 0.05) is 12.2 Å². The topological polar surface area (TPSA) is 46.5 Å². The number of hydrogen-bond donors (Lipinski definition) is 1. The molecule has 3 heteroatoms. The number of ketones is 1. The Bertz CT molecular complexity index is 367. The largest absolute Gasteiger partial charge is 0.392 e. The van der Waals surface area contributed by atoms with E-state index in [0.29, 0.717) is 17.7 Å². The minimum atomic E-state index is -0.318. The lowest BCUT2D eigenvalue weighted by atomic mass is 9.96. The van der Waals surface area contributed by atoms with Crippen LogP contribution in [0.25, 0.3) is 0 Å². The molecule has 1 unspecified atom stereocenters. The van der Waals surface area contributed by atoms with Crippen LogP contribution in [0.2, 0.25) is 0 Å². The summed E-state index contributed by atoms with van der Waals surface area (Å²) in [4.78, 5) is 12.1. The van der Waals surface area contributed by atoms with Crippen LogP contribution in [-0.4, -0.2) is 23.6 Å². The third-order valence-corrected chi connectivity index (χ3v) is 2.93. The van der Waals surface area contributed by atoms with E-state index in [1.54, 1.807) is 12.1 Å². The van der Waals surface area contributed by atoms with Gasteiger partial charge < -0.3 is 9.84 Å². The Labute approximate surface area is 95.0 Å². The van der Waals surface area contributed by atoms with Crippen LogP contribution in [0.5, 0.6) is 0 Å². The lowest BCUT2D eigenvalue weighted by Gasteiger charge is -2.22. The van der Waals surface area contributed by atoms with Crippen molar-refractivity contribution < 1.29 is 14.6 Å². The summed E-state index contributed by atoms with van der Waals surface area (Å²) in [5.74, 6) is 0.00403. The summed E-state index contributed by atoms with van der Waals surface area (Å²) in [6.07, 6.45) is 2.54. The van der Waals surface area contributed by atoms with Crippen LogP contribution in [0.3, 0.4) is 0 Å². The Hall–Kier alpha value is -1.19. The van der Waals surface area contributed by atoms with E-state index < -0.39 is 0 Å². The van der Waals surface area contributed by atoms with Crippen LogP contribution in [0.15, 0.2) is 24.3 Å². The number of carbonyl (C=O) groups excluding carboxylic acids is 1. The highest BCUT2D eigenvalue weighted by molar-refractivity contribution is 6.00. The van der Waals surface area contributed by atoms with E-state index in [1.807, 2.05) is 12.1 Å². The number of aliphatic hydroxyl groups excluding tert-OH is 1. The summed E-state index contributed by atoms with van der Waals surface area (Å²) >= 11 is 0. The number of rotatable bonds is 3. The molecule has 1 aliphatic heterocycles. The fraction of sp³-hybridized carbons (Fsp3) is 0.462. The summed E-state index contributed by atoms with van der Waals surface area (Å²) in [5, 5.41) is 9.17. The highest BCUT2D eigenvalue weighted by Gasteiger charge is 2.24. The summed E-state index contributed by atoms with van der Waals surface area (Å²) in [6, 6.07) is 7.17. The molecule has 0 radical (unpaired) electrons. The van der Waals surface area contributed by atoms with E-state index in [-0.39, 0.29) is 18.5 Å². The fourth-order valence-electron chi connectivity index (χ4n) is 2.02. The van der Waals surface area contributed by atoms with Crippen molar-refractivity contribution in [1.29, 1.82) is 0 Å². The first-order chi connectivity index (χ1) is 7.83. The number of ether oxygens (including phenoxy) is 1. The van der Waals surface area contributed by atoms with E-state index in [2.05, 4.69) is 0 Å². The molecule has 0 amide bonds. The van der Waals surface area contributed by atoms with Crippen LogP contribution in [-0.2, 0) is 11.3 Å². The van der Waals surface area contributed by atoms with Crippen molar-refractivity contribution >= 4 is 5.78 Å². The van der Waals surface area contributed by atoms with Crippen LogP contribution >= 0.6 is 0 Å². The van der Waals surface area contributed by atoms with Gasteiger partial charge in [-0.25, -0.2) is 0 Å². The van der Waals surface area contributed by atoms with Crippen molar-refractivity contribution in [2.75, 3.05) is 6.61 Å². The molecule has 16 heavy (non-hydrogen) atoms. The van der Waals surface area contributed by atoms with Crippen molar-refractivity contribution in [1.82, 2.24) is 0 Å². The highest BCUT2D eigenvalue weighted by Crippen LogP contribution is 2.19. The Morgan fingerprint density at radius 3 is 2.88 bits per heavy atom. The maximum Gasteiger partial charge on any atom is 0.191 e. The van der Waals surface area contributed by atoms with Gasteiger partial charge in [0.1, 0.15) is 6.10 Å². The third-order valence-electron chi connectivity index (χ3n) is 2.93. The monoisotopic (exact) mass is 220 g/mol. The zero-order valence-electron chi connectivity index (χ0n) is 9.19. The Kier molecular flexibility index (Phi) is 3.70. The molecule has 0 saturated carbocycles. The average molecular weight is 220 g/mol. The number of carbonyl (C=O) groups is 1. The van der Waals surface area contributed by atoms with Gasteiger partial charge in [0.25, 0.3) is 0 Å². The van der Waals surface area contributed by atoms with Gasteiger partial charge in [-0.2, -0.15) is 0 Å². The lowest BCUT2D eigenvalue weighted by Crippen LogP contribution is -2.28. The lowest BCUT2D eigenvalue weighted by molar-refractivity contribution is 0.0185. The predicted octanol–water partition coefficient (Wildman–Crippen LogP) is 1.93. The number of Topliss-reactive ketones (excluding diaryl/α,β-unsaturated/α-hetero) is 1. The van der Waals surface area contributed by atoms with Gasteiger partial charge in [0.2, 0.25) is 0 Å². The summed E-state index contributed by atoms with van der Waals surface area (Å²) in [5.41, 5.74) is 1.28. The fourth-order valence-corrected chi connectivity index (χ4v) is 2.02. The van der Waals surface area contributed by atoms with Crippen molar-refractivity contribution in [2.45, 2.75) is 32.0 Å². The molecule has 1 N–H and O–H groups in total. The molecule has 86 valence electrons. The van der Waals surface area contributed by atoms with E-state index in [9.17, 15) is 9.90 Å². The van der Waals surface area contributed by atoms with E-state index in [1.165, 1.54) is 0 Å². The molecule has 1 fully saturated rings. The molecular formula is C13H16O3. The molecular weight excluding hydrogens is 204 g/mol. The molecule has 3 nitrogen and oxygen atoms in total. The Balaban J connectivity index is 2.19. The molecule has 1 saturated heterocycles. The second-order valence-corrected chi connectivity index (χ2v) is 4.03. The quantitative estimate of drug-likeness (QED) is 0.792. The van der Waals surface area contributed by atoms with Gasteiger partial charge in [-0.1, -0.05) is 24.3 Å². The molecule has 1 aromatic carbocycles. The summed E-state index contributed by atoms with van der Waals surface area (Å²) in [6.45, 7) is 0.562. The van der Waals surface area contributed by atoms with Crippen LogP contribution in [0.4, 0.5) is 0 Å². The SMILES string of the molecule is O=C(c1ccccc1CO)C1CCCCO1. The van der Waals surface area contributed by atoms with E-state index in [4.69, 9.17) is 4.74 Å². The van der Waals surface area contributed by atoms with Crippen LogP contribution in [0, 0.1) is 0 Å². The van der Waals surface area contributed by atoms with E-state index in [0.717, 1.165) is 19.3 Å². The van der Waals surface area contributed by atoms with Gasteiger partial charge in [0.15, 0.2) is 5.78 Å². The smallest absolute Gasteiger partial charge is 0.191 e. The molecule has 1 aromatic rings. The number of aliphatic hydroxyl groups is 1. The van der Waals surface area contributed by atoms with E-state index >= 15 is 0 Å². The third kappa shape index (κ3) is 2.31. The molecule has 1 atom stereocenters. The second-order valence-electron chi connectivity index (χ2n) is 4.03. The minimum Gasteiger partial charge on any atom is -0.392 e. The van der Waals surface area contributed by atoms with Crippen molar-refractivity contribution in [3.8, 4) is 0 Å². The first-order valence-corrected chi connectivity index (χ1v) is 5.67. The molecule has 2 rings (SSSR count). The summed E-state index contributed by atoms with van der Waals surface area (Å²) < 4.78 is 5.46. The molecule has 0 spiro atoms. The Morgan fingerprint density at radius 2 is 2.19 bits per heavy atom. The molecule has 0 aliphatic carbocycles. The molecule has 0 bridgehead atoms. The maximum atomic E-state index is 12.1. The summed E-state index contributed by atoms with van der Waals surface area (Å²) in [7, 11) is 0. The molecule has 0 aromatic heterocycles. The average Bonchev–Trinajstić information content (AvgIpc) is 2.39. The molecule has 1 heterocycles. The van der Waals surface area contributed by atoms with Gasteiger partial charge in [-0.05, 0) is 24.8 Å². The minimum absolute atomic E-state index is 0.00403. The second kappa shape index (κ2) is 5.23. The highest BCUT2D eigenvalue weighted by atomic mass is 16.5. The normalized spacial score (nSPS) is 20.7. The number of hydrogen-bond acceptors (Lipinski definition) is 3. The van der Waals surface area contributed by atoms with Gasteiger partial charge in [-0.15, -0.1) is 0 Å². The zero-order valence-corrected chi connectivity index (χ0v) is 9.19. The van der Waals surface area contributed by atoms with Crippen LogP contribution in [0.1, 0.15) is 35.2 Å². The van der Waals surface area contributed by atoms with Crippen molar-refractivity contribution in [3.05, 3.63) is 35.4 Å². The van der Waals surface area contributed by atoms with Crippen molar-refractivity contribution in [3.63, 3.8) is 0 Å². The first-order valence-electron chi connectivity index (χ1n) is 5.67.